The number of hydrogen-bond donors (Lipinski definition) is 3. The molecule has 1 aromatic heterocycles. The zero-order chi connectivity index (χ0) is 18.6. The van der Waals surface area contributed by atoms with Crippen LogP contribution in [0.2, 0.25) is 0 Å². The molecule has 1 aliphatic rings. The summed E-state index contributed by atoms with van der Waals surface area (Å²) in [5.41, 5.74) is 1.19. The standard InChI is InChI=1S/C19H27N3O4/c1-2-8-19(13-23)12-22(9-7-16(19)24)18(25)11-26-10-17-20-14-5-3-4-6-15(14)21-17/h3-6,16,23-24H,2,7-13H2,1H3,(H,20,21)/t16-,19-/m0/s1. The largest absolute Gasteiger partial charge is 0.396 e. The number of imidazole rings is 1. The van der Waals surface area contributed by atoms with Crippen LogP contribution in [0.4, 0.5) is 0 Å². The molecule has 3 rings (SSSR count). The number of nitrogens with zero attached hydrogens (tertiary/aromatic N) is 2. The molecule has 3 N–H and O–H groups in total. The third-order valence-electron chi connectivity index (χ3n) is 5.20. The Morgan fingerprint density at radius 2 is 2.27 bits per heavy atom. The second-order valence-electron chi connectivity index (χ2n) is 7.08. The number of ether oxygens (including phenoxy) is 1. The third-order valence-corrected chi connectivity index (χ3v) is 5.20. The lowest BCUT2D eigenvalue weighted by atomic mass is 9.74. The Kier molecular flexibility index (Phi) is 5.90. The molecule has 7 heteroatoms. The van der Waals surface area contributed by atoms with E-state index in [1.165, 1.54) is 0 Å². The Morgan fingerprint density at radius 3 is 3.00 bits per heavy atom. The van der Waals surface area contributed by atoms with Crippen molar-refractivity contribution in [1.82, 2.24) is 14.9 Å². The number of aromatic nitrogens is 2. The first kappa shape index (κ1) is 18.8. The fourth-order valence-electron chi connectivity index (χ4n) is 3.74. The van der Waals surface area contributed by atoms with Crippen LogP contribution in [-0.4, -0.2) is 63.4 Å². The number of carbonyl (C=O) groups is 1. The third kappa shape index (κ3) is 3.90. The van der Waals surface area contributed by atoms with Crippen molar-refractivity contribution in [3.8, 4) is 0 Å². The summed E-state index contributed by atoms with van der Waals surface area (Å²) in [5.74, 6) is 0.561. The van der Waals surface area contributed by atoms with E-state index in [0.717, 1.165) is 17.5 Å². The van der Waals surface area contributed by atoms with Crippen molar-refractivity contribution in [2.75, 3.05) is 26.3 Å². The van der Waals surface area contributed by atoms with E-state index in [1.807, 2.05) is 31.2 Å². The highest BCUT2D eigenvalue weighted by molar-refractivity contribution is 5.77. The number of aliphatic hydroxyl groups excluding tert-OH is 2. The normalized spacial score (nSPS) is 23.5. The van der Waals surface area contributed by atoms with Crippen LogP contribution < -0.4 is 0 Å². The monoisotopic (exact) mass is 361 g/mol. The molecule has 1 saturated heterocycles. The Balaban J connectivity index is 1.54. The Hall–Kier alpha value is -1.96. The van der Waals surface area contributed by atoms with Gasteiger partial charge in [-0.1, -0.05) is 25.5 Å². The molecule has 0 unspecified atom stereocenters. The van der Waals surface area contributed by atoms with E-state index >= 15 is 0 Å². The van der Waals surface area contributed by atoms with Crippen molar-refractivity contribution < 1.29 is 19.7 Å². The number of para-hydroxylation sites is 2. The predicted octanol–water partition coefficient (Wildman–Crippen LogP) is 1.45. The van der Waals surface area contributed by atoms with Gasteiger partial charge in [0.05, 0.1) is 23.7 Å². The average molecular weight is 361 g/mol. The molecule has 0 aliphatic carbocycles. The van der Waals surface area contributed by atoms with E-state index in [9.17, 15) is 15.0 Å². The molecular weight excluding hydrogens is 334 g/mol. The van der Waals surface area contributed by atoms with Crippen molar-refractivity contribution in [2.24, 2.45) is 5.41 Å². The van der Waals surface area contributed by atoms with E-state index < -0.39 is 11.5 Å². The van der Waals surface area contributed by atoms with Gasteiger partial charge in [0.1, 0.15) is 19.0 Å². The van der Waals surface area contributed by atoms with Gasteiger partial charge in [-0.2, -0.15) is 0 Å². The summed E-state index contributed by atoms with van der Waals surface area (Å²) in [5, 5.41) is 20.1. The van der Waals surface area contributed by atoms with Crippen LogP contribution in [0.15, 0.2) is 24.3 Å². The number of rotatable bonds is 7. The molecular formula is C19H27N3O4. The maximum atomic E-state index is 12.5. The number of amides is 1. The molecule has 26 heavy (non-hydrogen) atoms. The molecule has 2 heterocycles. The number of aromatic amines is 1. The minimum absolute atomic E-state index is 0.0409. The van der Waals surface area contributed by atoms with Crippen LogP contribution in [0, 0.1) is 5.41 Å². The second kappa shape index (κ2) is 8.16. The Labute approximate surface area is 153 Å². The molecule has 0 bridgehead atoms. The highest BCUT2D eigenvalue weighted by Crippen LogP contribution is 2.34. The van der Waals surface area contributed by atoms with Crippen molar-refractivity contribution in [3.63, 3.8) is 0 Å². The minimum Gasteiger partial charge on any atom is -0.396 e. The highest BCUT2D eigenvalue weighted by Gasteiger charge is 2.42. The van der Waals surface area contributed by atoms with Gasteiger partial charge in [-0.15, -0.1) is 0 Å². The van der Waals surface area contributed by atoms with Crippen LogP contribution in [-0.2, 0) is 16.1 Å². The van der Waals surface area contributed by atoms with E-state index in [-0.39, 0.29) is 25.7 Å². The van der Waals surface area contributed by atoms with Gasteiger partial charge in [0, 0.05) is 18.5 Å². The van der Waals surface area contributed by atoms with Gasteiger partial charge in [-0.25, -0.2) is 4.98 Å². The molecule has 142 valence electrons. The smallest absolute Gasteiger partial charge is 0.248 e. The SMILES string of the molecule is CCC[C@@]1(CO)CN(C(=O)COCc2nc3ccccc3[nH]2)CC[C@@H]1O. The highest BCUT2D eigenvalue weighted by atomic mass is 16.5. The first-order chi connectivity index (χ1) is 12.6. The van der Waals surface area contributed by atoms with Gasteiger partial charge in [0.25, 0.3) is 0 Å². The van der Waals surface area contributed by atoms with Crippen LogP contribution in [0.3, 0.4) is 0 Å². The number of likely N-dealkylation sites (tertiary alicyclic amines) is 1. The summed E-state index contributed by atoms with van der Waals surface area (Å²) in [4.78, 5) is 21.8. The number of aliphatic hydroxyl groups is 2. The molecule has 0 saturated carbocycles. The maximum Gasteiger partial charge on any atom is 0.248 e. The number of hydrogen-bond acceptors (Lipinski definition) is 5. The van der Waals surface area contributed by atoms with E-state index in [2.05, 4.69) is 9.97 Å². The number of fused-ring (bicyclic) bond motifs is 1. The molecule has 1 amide bonds. The van der Waals surface area contributed by atoms with Gasteiger partial charge >= 0.3 is 0 Å². The summed E-state index contributed by atoms with van der Waals surface area (Å²) < 4.78 is 5.54. The summed E-state index contributed by atoms with van der Waals surface area (Å²) in [7, 11) is 0. The molecule has 2 atom stereocenters. The fraction of sp³-hybridized carbons (Fsp3) is 0.579. The van der Waals surface area contributed by atoms with Gasteiger partial charge in [-0.3, -0.25) is 4.79 Å². The lowest BCUT2D eigenvalue weighted by Crippen LogP contribution is -2.55. The molecule has 7 nitrogen and oxygen atoms in total. The summed E-state index contributed by atoms with van der Waals surface area (Å²) in [6, 6.07) is 7.72. The topological polar surface area (TPSA) is 98.7 Å². The zero-order valence-corrected chi connectivity index (χ0v) is 15.1. The van der Waals surface area contributed by atoms with Crippen LogP contribution in [0.1, 0.15) is 32.0 Å². The fourth-order valence-corrected chi connectivity index (χ4v) is 3.74. The van der Waals surface area contributed by atoms with Crippen molar-refractivity contribution in [2.45, 2.75) is 38.9 Å². The van der Waals surface area contributed by atoms with Gasteiger partial charge in [0.2, 0.25) is 5.91 Å². The van der Waals surface area contributed by atoms with Gasteiger partial charge < -0.3 is 24.8 Å². The van der Waals surface area contributed by atoms with E-state index in [0.29, 0.717) is 31.8 Å². The number of carbonyl (C=O) groups excluding carboxylic acids is 1. The molecule has 1 aliphatic heterocycles. The Morgan fingerprint density at radius 1 is 1.46 bits per heavy atom. The number of piperidine rings is 1. The first-order valence-electron chi connectivity index (χ1n) is 9.16. The van der Waals surface area contributed by atoms with Gasteiger partial charge in [-0.05, 0) is 25.0 Å². The second-order valence-corrected chi connectivity index (χ2v) is 7.08. The van der Waals surface area contributed by atoms with Crippen LogP contribution in [0.25, 0.3) is 11.0 Å². The lowest BCUT2D eigenvalue weighted by Gasteiger charge is -2.45. The lowest BCUT2D eigenvalue weighted by molar-refractivity contribution is -0.147. The van der Waals surface area contributed by atoms with Crippen molar-refractivity contribution in [1.29, 1.82) is 0 Å². The van der Waals surface area contributed by atoms with E-state index in [4.69, 9.17) is 4.74 Å². The number of benzene rings is 1. The summed E-state index contributed by atoms with van der Waals surface area (Å²) in [6.45, 7) is 2.94. The average Bonchev–Trinajstić information content (AvgIpc) is 3.06. The zero-order valence-electron chi connectivity index (χ0n) is 15.1. The number of H-pyrrole nitrogens is 1. The molecule has 0 radical (unpaired) electrons. The first-order valence-corrected chi connectivity index (χ1v) is 9.16. The number of nitrogens with one attached hydrogen (secondary N) is 1. The van der Waals surface area contributed by atoms with E-state index in [1.54, 1.807) is 4.90 Å². The molecule has 1 fully saturated rings. The van der Waals surface area contributed by atoms with Crippen LogP contribution in [0.5, 0.6) is 0 Å². The minimum atomic E-state index is -0.624. The summed E-state index contributed by atoms with van der Waals surface area (Å²) in [6.07, 6.45) is 1.44. The van der Waals surface area contributed by atoms with Crippen molar-refractivity contribution in [3.05, 3.63) is 30.1 Å². The predicted molar refractivity (Wildman–Crippen MR) is 97.4 cm³/mol. The van der Waals surface area contributed by atoms with Crippen LogP contribution >= 0.6 is 0 Å². The van der Waals surface area contributed by atoms with Crippen molar-refractivity contribution >= 4 is 16.9 Å². The molecule has 2 aromatic rings. The Bertz CT molecular complexity index is 714. The van der Waals surface area contributed by atoms with Gasteiger partial charge in [0.15, 0.2) is 0 Å². The quantitative estimate of drug-likeness (QED) is 0.693. The molecule has 1 aromatic carbocycles. The molecule has 0 spiro atoms. The summed E-state index contributed by atoms with van der Waals surface area (Å²) >= 11 is 0. The maximum absolute atomic E-state index is 12.5.